The molecule has 0 bridgehead atoms. The molecule has 0 radical (unpaired) electrons. The van der Waals surface area contributed by atoms with Gasteiger partial charge in [-0.05, 0) is 29.8 Å². The molecule has 0 spiro atoms. The van der Waals surface area contributed by atoms with Crippen molar-refractivity contribution in [1.29, 1.82) is 0 Å². The maximum Gasteiger partial charge on any atom is 0.270 e. The van der Waals surface area contributed by atoms with E-state index in [-0.39, 0.29) is 18.2 Å². The van der Waals surface area contributed by atoms with Crippen molar-refractivity contribution >= 4 is 22.7 Å². The van der Waals surface area contributed by atoms with E-state index in [2.05, 4.69) is 0 Å². The second-order valence-electron chi connectivity index (χ2n) is 7.69. The van der Waals surface area contributed by atoms with Crippen molar-refractivity contribution < 1.29 is 19.1 Å². The summed E-state index contributed by atoms with van der Waals surface area (Å²) >= 11 is 0. The minimum Gasteiger partial charge on any atom is -0.493 e. The Bertz CT molecular complexity index is 1110. The SMILES string of the molecule is COc1ccc(CC(=O)N2CCN(C(=O)c3cc4ccccc4n3C)CC2)cc1OC. The summed E-state index contributed by atoms with van der Waals surface area (Å²) in [4.78, 5) is 29.5. The number of rotatable bonds is 5. The molecule has 1 saturated heterocycles. The first-order valence-electron chi connectivity index (χ1n) is 10.3. The third kappa shape index (κ3) is 4.08. The smallest absolute Gasteiger partial charge is 0.270 e. The Labute approximate surface area is 181 Å². The molecule has 1 aliphatic heterocycles. The van der Waals surface area contributed by atoms with E-state index >= 15 is 0 Å². The van der Waals surface area contributed by atoms with E-state index in [1.54, 1.807) is 14.2 Å². The largest absolute Gasteiger partial charge is 0.493 e. The number of nitrogens with zero attached hydrogens (tertiary/aromatic N) is 3. The maximum absolute atomic E-state index is 13.1. The molecule has 4 rings (SSSR count). The van der Waals surface area contributed by atoms with E-state index in [9.17, 15) is 9.59 Å². The topological polar surface area (TPSA) is 64.0 Å². The molecule has 0 saturated carbocycles. The first kappa shape index (κ1) is 20.8. The van der Waals surface area contributed by atoms with Crippen molar-refractivity contribution in [2.24, 2.45) is 7.05 Å². The fourth-order valence-electron chi connectivity index (χ4n) is 4.09. The van der Waals surface area contributed by atoms with Crippen molar-refractivity contribution in [1.82, 2.24) is 14.4 Å². The highest BCUT2D eigenvalue weighted by Crippen LogP contribution is 2.28. The maximum atomic E-state index is 13.1. The van der Waals surface area contributed by atoms with Crippen LogP contribution in [0.5, 0.6) is 11.5 Å². The normalized spacial score (nSPS) is 14.0. The van der Waals surface area contributed by atoms with Gasteiger partial charge in [-0.3, -0.25) is 9.59 Å². The number of carbonyl (C=O) groups is 2. The van der Waals surface area contributed by atoms with Gasteiger partial charge in [0.15, 0.2) is 11.5 Å². The highest BCUT2D eigenvalue weighted by atomic mass is 16.5. The summed E-state index contributed by atoms with van der Waals surface area (Å²) in [5.74, 6) is 1.30. The van der Waals surface area contributed by atoms with Gasteiger partial charge in [-0.15, -0.1) is 0 Å². The van der Waals surface area contributed by atoms with Gasteiger partial charge in [-0.25, -0.2) is 0 Å². The van der Waals surface area contributed by atoms with Gasteiger partial charge >= 0.3 is 0 Å². The molecule has 0 N–H and O–H groups in total. The number of ether oxygens (including phenoxy) is 2. The zero-order valence-electron chi connectivity index (χ0n) is 18.1. The van der Waals surface area contributed by atoms with E-state index in [0.717, 1.165) is 16.5 Å². The predicted molar refractivity (Wildman–Crippen MR) is 119 cm³/mol. The Morgan fingerprint density at radius 1 is 0.871 bits per heavy atom. The number of benzene rings is 2. The zero-order valence-corrected chi connectivity index (χ0v) is 18.1. The molecule has 2 aromatic carbocycles. The summed E-state index contributed by atoms with van der Waals surface area (Å²) in [6, 6.07) is 15.4. The number of aromatic nitrogens is 1. The fourth-order valence-corrected chi connectivity index (χ4v) is 4.09. The number of aryl methyl sites for hydroxylation is 1. The standard InChI is InChI=1S/C24H27N3O4/c1-25-19-7-5-4-6-18(19)16-20(25)24(29)27-12-10-26(11-13-27)23(28)15-17-8-9-21(30-2)22(14-17)31-3/h4-9,14,16H,10-13,15H2,1-3H3. The fraction of sp³-hybridized carbons (Fsp3) is 0.333. The lowest BCUT2D eigenvalue weighted by atomic mass is 10.1. The molecule has 0 unspecified atom stereocenters. The Balaban J connectivity index is 1.38. The Morgan fingerprint density at radius 3 is 2.23 bits per heavy atom. The lowest BCUT2D eigenvalue weighted by molar-refractivity contribution is -0.131. The summed E-state index contributed by atoms with van der Waals surface area (Å²) in [5.41, 5.74) is 2.58. The molecule has 162 valence electrons. The van der Waals surface area contributed by atoms with E-state index < -0.39 is 0 Å². The highest BCUT2D eigenvalue weighted by molar-refractivity contribution is 5.98. The van der Waals surface area contributed by atoms with Gasteiger partial charge in [0.1, 0.15) is 5.69 Å². The molecule has 2 heterocycles. The molecule has 1 fully saturated rings. The summed E-state index contributed by atoms with van der Waals surface area (Å²) in [6.07, 6.45) is 0.289. The number of carbonyl (C=O) groups excluding carboxylic acids is 2. The molecule has 7 nitrogen and oxygen atoms in total. The number of hydrogen-bond donors (Lipinski definition) is 0. The molecular weight excluding hydrogens is 394 g/mol. The first-order valence-corrected chi connectivity index (χ1v) is 10.3. The van der Waals surface area contributed by atoms with Crippen molar-refractivity contribution in [3.05, 3.63) is 59.8 Å². The summed E-state index contributed by atoms with van der Waals surface area (Å²) in [5, 5.41) is 1.05. The quantitative estimate of drug-likeness (QED) is 0.636. The van der Waals surface area contributed by atoms with Crippen LogP contribution in [0.3, 0.4) is 0 Å². The van der Waals surface area contributed by atoms with Gasteiger partial charge < -0.3 is 23.8 Å². The Hall–Kier alpha value is -3.48. The Morgan fingerprint density at radius 2 is 1.55 bits per heavy atom. The van der Waals surface area contributed by atoms with E-state index in [0.29, 0.717) is 43.4 Å². The van der Waals surface area contributed by atoms with Crippen LogP contribution in [0.1, 0.15) is 16.1 Å². The highest BCUT2D eigenvalue weighted by Gasteiger charge is 2.26. The van der Waals surface area contributed by atoms with Crippen LogP contribution in [0, 0.1) is 0 Å². The van der Waals surface area contributed by atoms with E-state index in [1.165, 1.54) is 0 Å². The lowest BCUT2D eigenvalue weighted by Crippen LogP contribution is -2.51. The number of para-hydroxylation sites is 1. The Kier molecular flexibility index (Phi) is 5.84. The van der Waals surface area contributed by atoms with Gasteiger partial charge in [0.05, 0.1) is 20.6 Å². The van der Waals surface area contributed by atoms with Crippen molar-refractivity contribution in [2.75, 3.05) is 40.4 Å². The molecule has 1 aliphatic rings. The number of methoxy groups -OCH3 is 2. The lowest BCUT2D eigenvalue weighted by Gasteiger charge is -2.35. The number of hydrogen-bond acceptors (Lipinski definition) is 4. The third-order valence-corrected chi connectivity index (χ3v) is 5.89. The van der Waals surface area contributed by atoms with Crippen molar-refractivity contribution in [3.63, 3.8) is 0 Å². The average Bonchev–Trinajstić information content (AvgIpc) is 3.15. The van der Waals surface area contributed by atoms with Crippen LogP contribution in [-0.2, 0) is 18.3 Å². The summed E-state index contributed by atoms with van der Waals surface area (Å²) in [7, 11) is 5.08. The van der Waals surface area contributed by atoms with Crippen LogP contribution in [0.25, 0.3) is 10.9 Å². The monoisotopic (exact) mass is 421 g/mol. The molecule has 3 aromatic rings. The number of piperazine rings is 1. The molecule has 0 atom stereocenters. The second kappa shape index (κ2) is 8.71. The van der Waals surface area contributed by atoms with Gasteiger partial charge in [0.2, 0.25) is 5.91 Å². The molecule has 1 aromatic heterocycles. The van der Waals surface area contributed by atoms with E-state index in [1.807, 2.05) is 69.9 Å². The van der Waals surface area contributed by atoms with Crippen LogP contribution in [0.2, 0.25) is 0 Å². The molecule has 31 heavy (non-hydrogen) atoms. The van der Waals surface area contributed by atoms with Crippen LogP contribution in [0.4, 0.5) is 0 Å². The summed E-state index contributed by atoms with van der Waals surface area (Å²) < 4.78 is 12.5. The number of fused-ring (bicyclic) bond motifs is 1. The van der Waals surface area contributed by atoms with Gasteiger partial charge in [0, 0.05) is 44.1 Å². The molecule has 2 amide bonds. The van der Waals surface area contributed by atoms with E-state index in [4.69, 9.17) is 9.47 Å². The van der Waals surface area contributed by atoms with Crippen LogP contribution >= 0.6 is 0 Å². The first-order chi connectivity index (χ1) is 15.0. The van der Waals surface area contributed by atoms with Gasteiger partial charge in [-0.1, -0.05) is 24.3 Å². The molecule has 0 aliphatic carbocycles. The van der Waals surface area contributed by atoms with Crippen LogP contribution < -0.4 is 9.47 Å². The van der Waals surface area contributed by atoms with Crippen molar-refractivity contribution in [3.8, 4) is 11.5 Å². The second-order valence-corrected chi connectivity index (χ2v) is 7.69. The average molecular weight is 421 g/mol. The third-order valence-electron chi connectivity index (χ3n) is 5.89. The van der Waals surface area contributed by atoms with Crippen molar-refractivity contribution in [2.45, 2.75) is 6.42 Å². The summed E-state index contributed by atoms with van der Waals surface area (Å²) in [6.45, 7) is 2.11. The predicted octanol–water partition coefficient (Wildman–Crippen LogP) is 2.72. The van der Waals surface area contributed by atoms with Crippen LogP contribution in [0.15, 0.2) is 48.5 Å². The minimum absolute atomic E-state index is 0.00527. The van der Waals surface area contributed by atoms with Gasteiger partial charge in [0.25, 0.3) is 5.91 Å². The number of amides is 2. The van der Waals surface area contributed by atoms with Gasteiger partial charge in [-0.2, -0.15) is 0 Å². The molecule has 7 heteroatoms. The molecular formula is C24H27N3O4. The zero-order chi connectivity index (χ0) is 22.0. The minimum atomic E-state index is 0.00527. The van der Waals surface area contributed by atoms with Crippen LogP contribution in [-0.4, -0.2) is 66.6 Å².